The maximum absolute atomic E-state index is 5.13. The Kier molecular flexibility index (Phi) is 2.69. The van der Waals surface area contributed by atoms with Gasteiger partial charge in [-0.2, -0.15) is 5.10 Å². The SMILES string of the molecule is COc1ccc(/C(C)=N/N)cc1. The second-order valence-electron chi connectivity index (χ2n) is 2.44. The van der Waals surface area contributed by atoms with Crippen molar-refractivity contribution >= 4 is 5.71 Å². The Bertz CT molecular complexity index is 277. The van der Waals surface area contributed by atoms with E-state index in [4.69, 9.17) is 10.6 Å². The van der Waals surface area contributed by atoms with Crippen molar-refractivity contribution in [3.05, 3.63) is 29.8 Å². The van der Waals surface area contributed by atoms with Crippen LogP contribution in [-0.2, 0) is 0 Å². The first-order valence-electron chi connectivity index (χ1n) is 3.67. The van der Waals surface area contributed by atoms with Gasteiger partial charge in [-0.3, -0.25) is 0 Å². The van der Waals surface area contributed by atoms with Crippen LogP contribution in [0.25, 0.3) is 0 Å². The molecule has 0 spiro atoms. The van der Waals surface area contributed by atoms with E-state index in [1.807, 2.05) is 31.2 Å². The summed E-state index contributed by atoms with van der Waals surface area (Å²) in [4.78, 5) is 0. The van der Waals surface area contributed by atoms with Crippen LogP contribution in [0.5, 0.6) is 5.75 Å². The lowest BCUT2D eigenvalue weighted by Crippen LogP contribution is -1.98. The number of ether oxygens (including phenoxy) is 1. The highest BCUT2D eigenvalue weighted by Gasteiger charge is 1.96. The maximum Gasteiger partial charge on any atom is 0.118 e. The van der Waals surface area contributed by atoms with Gasteiger partial charge < -0.3 is 10.6 Å². The number of hydrogen-bond acceptors (Lipinski definition) is 3. The zero-order chi connectivity index (χ0) is 8.97. The van der Waals surface area contributed by atoms with Crippen molar-refractivity contribution < 1.29 is 4.74 Å². The number of methoxy groups -OCH3 is 1. The van der Waals surface area contributed by atoms with Crippen molar-refractivity contribution in [3.63, 3.8) is 0 Å². The van der Waals surface area contributed by atoms with Crippen molar-refractivity contribution in [1.29, 1.82) is 0 Å². The van der Waals surface area contributed by atoms with Crippen LogP contribution < -0.4 is 10.6 Å². The Labute approximate surface area is 71.8 Å². The molecule has 1 aromatic carbocycles. The summed E-state index contributed by atoms with van der Waals surface area (Å²) in [5.41, 5.74) is 1.83. The minimum atomic E-state index is 0.817. The first-order valence-corrected chi connectivity index (χ1v) is 3.67. The fraction of sp³-hybridized carbons (Fsp3) is 0.222. The molecule has 0 aliphatic carbocycles. The van der Waals surface area contributed by atoms with Gasteiger partial charge in [-0.1, -0.05) is 0 Å². The zero-order valence-electron chi connectivity index (χ0n) is 7.24. The van der Waals surface area contributed by atoms with Gasteiger partial charge in [-0.05, 0) is 36.8 Å². The lowest BCUT2D eigenvalue weighted by atomic mass is 10.1. The number of hydrazone groups is 1. The number of rotatable bonds is 2. The zero-order valence-corrected chi connectivity index (χ0v) is 7.24. The highest BCUT2D eigenvalue weighted by atomic mass is 16.5. The van der Waals surface area contributed by atoms with Crippen molar-refractivity contribution in [2.24, 2.45) is 10.9 Å². The fourth-order valence-corrected chi connectivity index (χ4v) is 0.907. The van der Waals surface area contributed by atoms with Gasteiger partial charge in [0.1, 0.15) is 5.75 Å². The summed E-state index contributed by atoms with van der Waals surface area (Å²) in [6.45, 7) is 1.86. The van der Waals surface area contributed by atoms with Gasteiger partial charge in [0.25, 0.3) is 0 Å². The number of nitrogens with two attached hydrogens (primary N) is 1. The molecule has 0 saturated heterocycles. The Balaban J connectivity index is 2.92. The Morgan fingerprint density at radius 2 is 1.92 bits per heavy atom. The first-order chi connectivity index (χ1) is 5.77. The van der Waals surface area contributed by atoms with Crippen molar-refractivity contribution in [3.8, 4) is 5.75 Å². The van der Waals surface area contributed by atoms with Gasteiger partial charge >= 0.3 is 0 Å². The molecule has 64 valence electrons. The molecule has 3 heteroatoms. The van der Waals surface area contributed by atoms with Crippen LogP contribution in [0, 0.1) is 0 Å². The quantitative estimate of drug-likeness (QED) is 0.408. The third-order valence-electron chi connectivity index (χ3n) is 1.70. The summed E-state index contributed by atoms with van der Waals surface area (Å²) in [6, 6.07) is 7.60. The highest BCUT2D eigenvalue weighted by molar-refractivity contribution is 5.98. The van der Waals surface area contributed by atoms with Crippen LogP contribution in [0.4, 0.5) is 0 Å². The first kappa shape index (κ1) is 8.59. The Hall–Kier alpha value is -1.51. The molecule has 1 rings (SSSR count). The largest absolute Gasteiger partial charge is 0.497 e. The Morgan fingerprint density at radius 1 is 1.33 bits per heavy atom. The fourth-order valence-electron chi connectivity index (χ4n) is 0.907. The molecule has 0 unspecified atom stereocenters. The predicted octanol–water partition coefficient (Wildman–Crippen LogP) is 1.38. The molecule has 2 N–H and O–H groups in total. The Morgan fingerprint density at radius 3 is 2.33 bits per heavy atom. The molecule has 0 fully saturated rings. The summed E-state index contributed by atoms with van der Waals surface area (Å²) < 4.78 is 5.01. The molecule has 0 aromatic heterocycles. The molecule has 3 nitrogen and oxygen atoms in total. The van der Waals surface area contributed by atoms with Crippen LogP contribution in [0.15, 0.2) is 29.4 Å². The van der Waals surface area contributed by atoms with Crippen LogP contribution in [-0.4, -0.2) is 12.8 Å². The molecule has 0 aliphatic rings. The van der Waals surface area contributed by atoms with Gasteiger partial charge in [-0.15, -0.1) is 0 Å². The third-order valence-corrected chi connectivity index (χ3v) is 1.70. The monoisotopic (exact) mass is 164 g/mol. The summed E-state index contributed by atoms with van der Waals surface area (Å²) >= 11 is 0. The molecule has 0 saturated carbocycles. The lowest BCUT2D eigenvalue weighted by molar-refractivity contribution is 0.415. The van der Waals surface area contributed by atoms with E-state index in [2.05, 4.69) is 5.10 Å². The van der Waals surface area contributed by atoms with Crippen molar-refractivity contribution in [2.45, 2.75) is 6.92 Å². The van der Waals surface area contributed by atoms with E-state index in [0.717, 1.165) is 17.0 Å². The summed E-state index contributed by atoms with van der Waals surface area (Å²) in [5, 5.41) is 3.59. The lowest BCUT2D eigenvalue weighted by Gasteiger charge is -2.01. The molecule has 0 heterocycles. The molecule has 0 amide bonds. The second-order valence-corrected chi connectivity index (χ2v) is 2.44. The molecule has 12 heavy (non-hydrogen) atoms. The van der Waals surface area contributed by atoms with Crippen molar-refractivity contribution in [1.82, 2.24) is 0 Å². The molecule has 0 bridgehead atoms. The van der Waals surface area contributed by atoms with Crippen LogP contribution in [0.2, 0.25) is 0 Å². The van der Waals surface area contributed by atoms with E-state index in [9.17, 15) is 0 Å². The van der Waals surface area contributed by atoms with E-state index in [1.165, 1.54) is 0 Å². The van der Waals surface area contributed by atoms with E-state index >= 15 is 0 Å². The summed E-state index contributed by atoms with van der Waals surface area (Å²) in [7, 11) is 1.64. The maximum atomic E-state index is 5.13. The van der Waals surface area contributed by atoms with Crippen LogP contribution >= 0.6 is 0 Å². The van der Waals surface area contributed by atoms with E-state index in [0.29, 0.717) is 0 Å². The average molecular weight is 164 g/mol. The molecule has 0 radical (unpaired) electrons. The van der Waals surface area contributed by atoms with E-state index in [-0.39, 0.29) is 0 Å². The number of hydrogen-bond donors (Lipinski definition) is 1. The third kappa shape index (κ3) is 1.75. The average Bonchev–Trinajstić information content (AvgIpc) is 2.17. The molecular weight excluding hydrogens is 152 g/mol. The minimum Gasteiger partial charge on any atom is -0.497 e. The minimum absolute atomic E-state index is 0.817. The molecular formula is C9H12N2O. The summed E-state index contributed by atoms with van der Waals surface area (Å²) in [6.07, 6.45) is 0. The van der Waals surface area contributed by atoms with Gasteiger partial charge in [0, 0.05) is 0 Å². The normalized spacial score (nSPS) is 11.3. The molecule has 0 atom stereocenters. The van der Waals surface area contributed by atoms with E-state index < -0.39 is 0 Å². The topological polar surface area (TPSA) is 47.6 Å². The van der Waals surface area contributed by atoms with Crippen LogP contribution in [0.3, 0.4) is 0 Å². The van der Waals surface area contributed by atoms with Gasteiger partial charge in [0.15, 0.2) is 0 Å². The smallest absolute Gasteiger partial charge is 0.118 e. The summed E-state index contributed by atoms with van der Waals surface area (Å²) in [5.74, 6) is 5.97. The number of nitrogens with zero attached hydrogens (tertiary/aromatic N) is 1. The van der Waals surface area contributed by atoms with Gasteiger partial charge in [0.2, 0.25) is 0 Å². The number of benzene rings is 1. The second kappa shape index (κ2) is 3.76. The molecule has 0 aliphatic heterocycles. The molecule has 1 aromatic rings. The predicted molar refractivity (Wildman–Crippen MR) is 49.4 cm³/mol. The highest BCUT2D eigenvalue weighted by Crippen LogP contribution is 2.11. The van der Waals surface area contributed by atoms with Crippen LogP contribution in [0.1, 0.15) is 12.5 Å². The van der Waals surface area contributed by atoms with E-state index in [1.54, 1.807) is 7.11 Å². The van der Waals surface area contributed by atoms with Gasteiger partial charge in [-0.25, -0.2) is 0 Å². The van der Waals surface area contributed by atoms with Crippen molar-refractivity contribution in [2.75, 3.05) is 7.11 Å². The standard InChI is InChI=1S/C9H12N2O/c1-7(11-10)8-3-5-9(12-2)6-4-8/h3-6H,10H2,1-2H3/b11-7+. The van der Waals surface area contributed by atoms with Gasteiger partial charge in [0.05, 0.1) is 12.8 Å².